The van der Waals surface area contributed by atoms with Crippen LogP contribution in [-0.2, 0) is 7.05 Å². The van der Waals surface area contributed by atoms with Crippen molar-refractivity contribution in [3.63, 3.8) is 0 Å². The molecule has 1 aromatic heterocycles. The number of carbonyl (C=O) groups excluding carboxylic acids is 1. The standard InChI is InChI=1S/C11H8BrFN2O/c1-15-6-14-5-9(15)11(16)7-3-2-4-8(12)10(7)13/h2-6H,1H3. The largest absolute Gasteiger partial charge is 0.331 e. The Kier molecular flexibility index (Phi) is 2.87. The Bertz CT molecular complexity index is 551. The quantitative estimate of drug-likeness (QED) is 0.794. The van der Waals surface area contributed by atoms with Crippen molar-refractivity contribution in [1.29, 1.82) is 0 Å². The summed E-state index contributed by atoms with van der Waals surface area (Å²) in [4.78, 5) is 15.8. The normalized spacial score (nSPS) is 10.4. The van der Waals surface area contributed by atoms with E-state index < -0.39 is 5.82 Å². The number of hydrogen-bond acceptors (Lipinski definition) is 2. The zero-order valence-electron chi connectivity index (χ0n) is 8.45. The fourth-order valence-electron chi connectivity index (χ4n) is 1.39. The molecule has 0 amide bonds. The maximum Gasteiger partial charge on any atom is 0.213 e. The molecular formula is C11H8BrFN2O. The Labute approximate surface area is 100 Å². The lowest BCUT2D eigenvalue weighted by Gasteiger charge is -2.04. The van der Waals surface area contributed by atoms with E-state index >= 15 is 0 Å². The van der Waals surface area contributed by atoms with Crippen molar-refractivity contribution in [1.82, 2.24) is 9.55 Å². The van der Waals surface area contributed by atoms with E-state index in [0.29, 0.717) is 5.69 Å². The van der Waals surface area contributed by atoms with Gasteiger partial charge in [-0.1, -0.05) is 6.07 Å². The molecule has 0 aliphatic rings. The van der Waals surface area contributed by atoms with Crippen LogP contribution in [0, 0.1) is 5.82 Å². The van der Waals surface area contributed by atoms with Crippen LogP contribution in [0.5, 0.6) is 0 Å². The summed E-state index contributed by atoms with van der Waals surface area (Å²) < 4.78 is 15.5. The second-order valence-corrected chi connectivity index (χ2v) is 4.17. The van der Waals surface area contributed by atoms with E-state index in [1.54, 1.807) is 23.7 Å². The third kappa shape index (κ3) is 1.78. The minimum Gasteiger partial charge on any atom is -0.331 e. The van der Waals surface area contributed by atoms with Crippen molar-refractivity contribution in [2.24, 2.45) is 7.05 Å². The minimum absolute atomic E-state index is 0.0398. The zero-order valence-corrected chi connectivity index (χ0v) is 10.0. The number of hydrogen-bond donors (Lipinski definition) is 0. The number of rotatable bonds is 2. The summed E-state index contributed by atoms with van der Waals surface area (Å²) >= 11 is 3.05. The summed E-state index contributed by atoms with van der Waals surface area (Å²) in [5, 5.41) is 0. The number of nitrogens with zero attached hydrogens (tertiary/aromatic N) is 2. The first-order chi connectivity index (χ1) is 7.61. The highest BCUT2D eigenvalue weighted by atomic mass is 79.9. The van der Waals surface area contributed by atoms with Gasteiger partial charge in [0, 0.05) is 7.05 Å². The van der Waals surface area contributed by atoms with Crippen molar-refractivity contribution in [2.75, 3.05) is 0 Å². The summed E-state index contributed by atoms with van der Waals surface area (Å²) in [5.41, 5.74) is 0.398. The fraction of sp³-hybridized carbons (Fsp3) is 0.0909. The minimum atomic E-state index is -0.547. The van der Waals surface area contributed by atoms with Crippen molar-refractivity contribution >= 4 is 21.7 Å². The van der Waals surface area contributed by atoms with Gasteiger partial charge in [-0.25, -0.2) is 9.37 Å². The highest BCUT2D eigenvalue weighted by molar-refractivity contribution is 9.10. The van der Waals surface area contributed by atoms with Gasteiger partial charge in [0.1, 0.15) is 11.5 Å². The number of aromatic nitrogens is 2. The van der Waals surface area contributed by atoms with Crippen LogP contribution in [0.1, 0.15) is 16.1 Å². The molecule has 0 N–H and O–H groups in total. The van der Waals surface area contributed by atoms with Gasteiger partial charge in [0.15, 0.2) is 0 Å². The van der Waals surface area contributed by atoms with Gasteiger partial charge in [-0.3, -0.25) is 4.79 Å². The number of aryl methyl sites for hydroxylation is 1. The molecule has 1 heterocycles. The highest BCUT2D eigenvalue weighted by Gasteiger charge is 2.17. The summed E-state index contributed by atoms with van der Waals surface area (Å²) in [6.45, 7) is 0. The number of halogens is 2. The predicted octanol–water partition coefficient (Wildman–Crippen LogP) is 2.55. The van der Waals surface area contributed by atoms with Crippen molar-refractivity contribution in [3.8, 4) is 0 Å². The Hall–Kier alpha value is -1.49. The van der Waals surface area contributed by atoms with E-state index in [2.05, 4.69) is 20.9 Å². The molecule has 0 radical (unpaired) electrons. The molecular weight excluding hydrogens is 275 g/mol. The molecule has 1 aromatic carbocycles. The van der Waals surface area contributed by atoms with Crippen LogP contribution >= 0.6 is 15.9 Å². The third-order valence-corrected chi connectivity index (χ3v) is 2.86. The van der Waals surface area contributed by atoms with Crippen molar-refractivity contribution in [2.45, 2.75) is 0 Å². The smallest absolute Gasteiger partial charge is 0.213 e. The Balaban J connectivity index is 2.50. The first-order valence-electron chi connectivity index (χ1n) is 4.56. The van der Waals surface area contributed by atoms with Crippen LogP contribution in [0.3, 0.4) is 0 Å². The summed E-state index contributed by atoms with van der Waals surface area (Å²) in [5.74, 6) is -0.924. The van der Waals surface area contributed by atoms with E-state index in [1.807, 2.05) is 0 Å². The average molecular weight is 283 g/mol. The number of ketones is 1. The van der Waals surface area contributed by atoms with E-state index in [9.17, 15) is 9.18 Å². The van der Waals surface area contributed by atoms with Crippen LogP contribution < -0.4 is 0 Å². The van der Waals surface area contributed by atoms with E-state index in [4.69, 9.17) is 0 Å². The molecule has 0 saturated carbocycles. The molecule has 0 fully saturated rings. The monoisotopic (exact) mass is 282 g/mol. The van der Waals surface area contributed by atoms with E-state index in [1.165, 1.54) is 18.6 Å². The van der Waals surface area contributed by atoms with Gasteiger partial charge < -0.3 is 4.57 Å². The van der Waals surface area contributed by atoms with E-state index in [0.717, 1.165) is 0 Å². The van der Waals surface area contributed by atoms with Crippen LogP contribution in [0.15, 0.2) is 35.2 Å². The van der Waals surface area contributed by atoms with Crippen LogP contribution in [0.4, 0.5) is 4.39 Å². The third-order valence-electron chi connectivity index (χ3n) is 2.25. The molecule has 0 saturated heterocycles. The number of imidazole rings is 1. The molecule has 82 valence electrons. The molecule has 3 nitrogen and oxygen atoms in total. The molecule has 0 atom stereocenters. The summed E-state index contributed by atoms with van der Waals surface area (Å²) in [7, 11) is 1.69. The molecule has 0 spiro atoms. The SMILES string of the molecule is Cn1cncc1C(=O)c1cccc(Br)c1F. The molecule has 0 aliphatic heterocycles. The molecule has 0 bridgehead atoms. The highest BCUT2D eigenvalue weighted by Crippen LogP contribution is 2.20. The van der Waals surface area contributed by atoms with Crippen LogP contribution in [0.25, 0.3) is 0 Å². The molecule has 0 unspecified atom stereocenters. The Morgan fingerprint density at radius 1 is 1.50 bits per heavy atom. The number of benzene rings is 1. The molecule has 5 heteroatoms. The Morgan fingerprint density at radius 3 is 2.88 bits per heavy atom. The summed E-state index contributed by atoms with van der Waals surface area (Å²) in [6.07, 6.45) is 2.92. The first kappa shape index (κ1) is 11.0. The number of carbonyl (C=O) groups is 1. The van der Waals surface area contributed by atoms with Gasteiger partial charge in [-0.05, 0) is 28.1 Å². The van der Waals surface area contributed by atoms with Crippen LogP contribution in [-0.4, -0.2) is 15.3 Å². The fourth-order valence-corrected chi connectivity index (χ4v) is 1.76. The molecule has 0 aliphatic carbocycles. The van der Waals surface area contributed by atoms with Gasteiger partial charge in [0.25, 0.3) is 0 Å². The molecule has 2 rings (SSSR count). The second kappa shape index (κ2) is 4.17. The molecule has 2 aromatic rings. The first-order valence-corrected chi connectivity index (χ1v) is 5.35. The van der Waals surface area contributed by atoms with Gasteiger partial charge in [0.05, 0.1) is 22.6 Å². The predicted molar refractivity (Wildman–Crippen MR) is 60.7 cm³/mol. The summed E-state index contributed by atoms with van der Waals surface area (Å²) in [6, 6.07) is 4.63. The maximum atomic E-state index is 13.7. The molecule has 16 heavy (non-hydrogen) atoms. The van der Waals surface area contributed by atoms with Crippen molar-refractivity contribution in [3.05, 3.63) is 52.3 Å². The maximum absolute atomic E-state index is 13.7. The topological polar surface area (TPSA) is 34.9 Å². The van der Waals surface area contributed by atoms with Gasteiger partial charge in [0.2, 0.25) is 5.78 Å². The second-order valence-electron chi connectivity index (χ2n) is 3.32. The zero-order chi connectivity index (χ0) is 11.7. The van der Waals surface area contributed by atoms with Gasteiger partial charge in [-0.15, -0.1) is 0 Å². The average Bonchev–Trinajstić information content (AvgIpc) is 2.68. The van der Waals surface area contributed by atoms with Gasteiger partial charge in [-0.2, -0.15) is 0 Å². The van der Waals surface area contributed by atoms with E-state index in [-0.39, 0.29) is 15.8 Å². The van der Waals surface area contributed by atoms with Crippen LogP contribution in [0.2, 0.25) is 0 Å². The van der Waals surface area contributed by atoms with Gasteiger partial charge >= 0.3 is 0 Å². The Morgan fingerprint density at radius 2 is 2.25 bits per heavy atom. The lowest BCUT2D eigenvalue weighted by Crippen LogP contribution is -2.09. The van der Waals surface area contributed by atoms with Crippen molar-refractivity contribution < 1.29 is 9.18 Å². The lowest BCUT2D eigenvalue weighted by molar-refractivity contribution is 0.102. The lowest BCUT2D eigenvalue weighted by atomic mass is 10.1.